The van der Waals surface area contributed by atoms with Crippen LogP contribution in [0.1, 0.15) is 46.0 Å². The molecule has 4 nitrogen and oxygen atoms in total. The van der Waals surface area contributed by atoms with Crippen molar-refractivity contribution in [1.82, 2.24) is 10.6 Å². The van der Waals surface area contributed by atoms with Crippen molar-refractivity contribution in [2.24, 2.45) is 23.3 Å². The summed E-state index contributed by atoms with van der Waals surface area (Å²) in [6.45, 7) is 10.3. The molecular formula is C15H36N4. The van der Waals surface area contributed by atoms with Gasteiger partial charge in [-0.15, -0.1) is 0 Å². The number of rotatable bonds is 14. The van der Waals surface area contributed by atoms with Crippen LogP contribution in [0.4, 0.5) is 0 Å². The van der Waals surface area contributed by atoms with Crippen molar-refractivity contribution in [3.05, 3.63) is 0 Å². The minimum atomic E-state index is 0.599. The Morgan fingerprint density at radius 2 is 1.05 bits per heavy atom. The number of hydrogen-bond acceptors (Lipinski definition) is 4. The fourth-order valence-electron chi connectivity index (χ4n) is 1.89. The van der Waals surface area contributed by atoms with Crippen molar-refractivity contribution < 1.29 is 0 Å². The molecule has 0 aromatic carbocycles. The van der Waals surface area contributed by atoms with E-state index in [1.54, 1.807) is 0 Å². The summed E-state index contributed by atoms with van der Waals surface area (Å²) in [5.74, 6) is 1.20. The van der Waals surface area contributed by atoms with Gasteiger partial charge in [-0.2, -0.15) is 0 Å². The predicted octanol–water partition coefficient (Wildman–Crippen LogP) is 1.31. The molecule has 0 aromatic rings. The SMILES string of the molecule is C[C@H](CN)CNCCCCCCCNC[C@@H](C)CN. The number of unbranched alkanes of at least 4 members (excludes halogenated alkanes) is 4. The average Bonchev–Trinajstić information content (AvgIpc) is 2.43. The Labute approximate surface area is 120 Å². The van der Waals surface area contributed by atoms with E-state index in [1.807, 2.05) is 0 Å². The first-order chi connectivity index (χ1) is 9.20. The van der Waals surface area contributed by atoms with Crippen LogP contribution < -0.4 is 22.1 Å². The zero-order valence-corrected chi connectivity index (χ0v) is 13.1. The molecule has 0 rings (SSSR count). The molecule has 0 spiro atoms. The lowest BCUT2D eigenvalue weighted by molar-refractivity contribution is 0.491. The topological polar surface area (TPSA) is 76.1 Å². The van der Waals surface area contributed by atoms with Gasteiger partial charge in [-0.05, 0) is 63.9 Å². The van der Waals surface area contributed by atoms with Gasteiger partial charge in [-0.3, -0.25) is 0 Å². The van der Waals surface area contributed by atoms with Crippen LogP contribution in [0.3, 0.4) is 0 Å². The lowest BCUT2D eigenvalue weighted by atomic mass is 10.1. The molecule has 4 heteroatoms. The van der Waals surface area contributed by atoms with E-state index in [0.29, 0.717) is 11.8 Å². The number of hydrogen-bond donors (Lipinski definition) is 4. The maximum atomic E-state index is 5.57. The lowest BCUT2D eigenvalue weighted by Gasteiger charge is -2.10. The highest BCUT2D eigenvalue weighted by atomic mass is 14.9. The van der Waals surface area contributed by atoms with Crippen LogP contribution in [0.15, 0.2) is 0 Å². The summed E-state index contributed by atoms with van der Waals surface area (Å²) in [6.07, 6.45) is 6.60. The summed E-state index contributed by atoms with van der Waals surface area (Å²) in [5.41, 5.74) is 11.1. The van der Waals surface area contributed by atoms with Gasteiger partial charge in [-0.25, -0.2) is 0 Å². The third-order valence-electron chi connectivity index (χ3n) is 3.50. The molecule has 0 heterocycles. The second kappa shape index (κ2) is 14.3. The van der Waals surface area contributed by atoms with Crippen molar-refractivity contribution in [2.45, 2.75) is 46.0 Å². The summed E-state index contributed by atoms with van der Waals surface area (Å²) in [5, 5.41) is 6.92. The van der Waals surface area contributed by atoms with E-state index < -0.39 is 0 Å². The quantitative estimate of drug-likeness (QED) is 0.360. The molecule has 0 bridgehead atoms. The van der Waals surface area contributed by atoms with E-state index in [9.17, 15) is 0 Å². The van der Waals surface area contributed by atoms with Crippen LogP contribution in [-0.2, 0) is 0 Å². The van der Waals surface area contributed by atoms with Gasteiger partial charge in [0, 0.05) is 0 Å². The summed E-state index contributed by atoms with van der Waals surface area (Å²) in [6, 6.07) is 0. The Hall–Kier alpha value is -0.160. The Morgan fingerprint density at radius 1 is 0.684 bits per heavy atom. The van der Waals surface area contributed by atoms with Crippen LogP contribution in [0.2, 0.25) is 0 Å². The van der Waals surface area contributed by atoms with E-state index in [-0.39, 0.29) is 0 Å². The van der Waals surface area contributed by atoms with Gasteiger partial charge < -0.3 is 22.1 Å². The van der Waals surface area contributed by atoms with Crippen LogP contribution in [0, 0.1) is 11.8 Å². The molecule has 0 aliphatic carbocycles. The average molecular weight is 272 g/mol. The summed E-state index contributed by atoms with van der Waals surface area (Å²) >= 11 is 0. The normalized spacial score (nSPS) is 14.5. The molecule has 19 heavy (non-hydrogen) atoms. The first kappa shape index (κ1) is 18.8. The van der Waals surface area contributed by atoms with Crippen molar-refractivity contribution >= 4 is 0 Å². The highest BCUT2D eigenvalue weighted by molar-refractivity contribution is 4.58. The Balaban J connectivity index is 3.03. The minimum Gasteiger partial charge on any atom is -0.330 e. The standard InChI is InChI=1S/C15H36N4/c1-14(10-16)12-18-8-6-4-3-5-7-9-19-13-15(2)11-17/h14-15,18-19H,3-13,16-17H2,1-2H3/t14-,15+. The second-order valence-corrected chi connectivity index (χ2v) is 5.86. The Bertz CT molecular complexity index is 158. The smallest absolute Gasteiger partial charge is 0.00111 e. The molecule has 0 fully saturated rings. The molecule has 0 aliphatic heterocycles. The predicted molar refractivity (Wildman–Crippen MR) is 85.3 cm³/mol. The van der Waals surface area contributed by atoms with Crippen molar-refractivity contribution in [1.29, 1.82) is 0 Å². The van der Waals surface area contributed by atoms with Crippen LogP contribution in [0.5, 0.6) is 0 Å². The van der Waals surface area contributed by atoms with Crippen molar-refractivity contribution in [2.75, 3.05) is 39.3 Å². The maximum Gasteiger partial charge on any atom is -0.00111 e. The Kier molecular flexibility index (Phi) is 14.1. The molecule has 0 amide bonds. The van der Waals surface area contributed by atoms with Crippen molar-refractivity contribution in [3.8, 4) is 0 Å². The lowest BCUT2D eigenvalue weighted by Crippen LogP contribution is -2.27. The molecule has 0 unspecified atom stereocenters. The summed E-state index contributed by atoms with van der Waals surface area (Å²) < 4.78 is 0. The molecule has 0 aliphatic rings. The van der Waals surface area contributed by atoms with E-state index in [2.05, 4.69) is 24.5 Å². The minimum absolute atomic E-state index is 0.599. The third kappa shape index (κ3) is 14.1. The first-order valence-electron chi connectivity index (χ1n) is 8.02. The van der Waals surface area contributed by atoms with E-state index in [4.69, 9.17) is 11.5 Å². The molecular weight excluding hydrogens is 236 g/mol. The number of nitrogens with two attached hydrogens (primary N) is 2. The summed E-state index contributed by atoms with van der Waals surface area (Å²) in [4.78, 5) is 0. The summed E-state index contributed by atoms with van der Waals surface area (Å²) in [7, 11) is 0. The zero-order valence-electron chi connectivity index (χ0n) is 13.1. The molecule has 116 valence electrons. The highest BCUT2D eigenvalue weighted by Crippen LogP contribution is 2.02. The second-order valence-electron chi connectivity index (χ2n) is 5.86. The van der Waals surface area contributed by atoms with Gasteiger partial charge in [-0.1, -0.05) is 33.1 Å². The third-order valence-corrected chi connectivity index (χ3v) is 3.50. The van der Waals surface area contributed by atoms with Gasteiger partial charge in [0.15, 0.2) is 0 Å². The molecule has 0 saturated heterocycles. The molecule has 0 aromatic heterocycles. The van der Waals surface area contributed by atoms with Gasteiger partial charge >= 0.3 is 0 Å². The fourth-order valence-corrected chi connectivity index (χ4v) is 1.89. The Morgan fingerprint density at radius 3 is 1.42 bits per heavy atom. The van der Waals surface area contributed by atoms with Crippen LogP contribution in [0.25, 0.3) is 0 Å². The van der Waals surface area contributed by atoms with Gasteiger partial charge in [0.25, 0.3) is 0 Å². The van der Waals surface area contributed by atoms with E-state index in [1.165, 1.54) is 32.1 Å². The van der Waals surface area contributed by atoms with Gasteiger partial charge in [0.05, 0.1) is 0 Å². The first-order valence-corrected chi connectivity index (χ1v) is 8.02. The highest BCUT2D eigenvalue weighted by Gasteiger charge is 1.98. The van der Waals surface area contributed by atoms with E-state index >= 15 is 0 Å². The van der Waals surface area contributed by atoms with Gasteiger partial charge in [0.1, 0.15) is 0 Å². The molecule has 0 radical (unpaired) electrons. The van der Waals surface area contributed by atoms with Crippen LogP contribution >= 0.6 is 0 Å². The monoisotopic (exact) mass is 272 g/mol. The zero-order chi connectivity index (χ0) is 14.3. The maximum absolute atomic E-state index is 5.57. The van der Waals surface area contributed by atoms with E-state index in [0.717, 1.165) is 39.3 Å². The van der Waals surface area contributed by atoms with Gasteiger partial charge in [0.2, 0.25) is 0 Å². The van der Waals surface area contributed by atoms with Crippen molar-refractivity contribution in [3.63, 3.8) is 0 Å². The fraction of sp³-hybridized carbons (Fsp3) is 1.00. The number of nitrogens with one attached hydrogen (secondary N) is 2. The molecule has 0 saturated carbocycles. The van der Waals surface area contributed by atoms with Crippen LogP contribution in [-0.4, -0.2) is 39.3 Å². The molecule has 6 N–H and O–H groups in total. The largest absolute Gasteiger partial charge is 0.330 e. The molecule has 2 atom stereocenters.